The molecule has 5 nitrogen and oxygen atoms in total. The summed E-state index contributed by atoms with van der Waals surface area (Å²) in [7, 11) is 0. The van der Waals surface area contributed by atoms with E-state index in [0.29, 0.717) is 13.0 Å². The summed E-state index contributed by atoms with van der Waals surface area (Å²) in [6.45, 7) is 5.67. The Hall–Kier alpha value is -1.10. The van der Waals surface area contributed by atoms with Crippen molar-refractivity contribution in [2.24, 2.45) is 5.41 Å². The summed E-state index contributed by atoms with van der Waals surface area (Å²) in [5.41, 5.74) is -0.0155. The van der Waals surface area contributed by atoms with Crippen molar-refractivity contribution in [1.82, 2.24) is 16.0 Å². The first-order chi connectivity index (χ1) is 7.99. The van der Waals surface area contributed by atoms with Crippen LogP contribution in [0.15, 0.2) is 0 Å². The highest BCUT2D eigenvalue weighted by molar-refractivity contribution is 5.85. The van der Waals surface area contributed by atoms with Crippen LogP contribution >= 0.6 is 0 Å². The average molecular weight is 239 g/mol. The Labute approximate surface area is 102 Å². The fourth-order valence-corrected chi connectivity index (χ4v) is 2.65. The average Bonchev–Trinajstić information content (AvgIpc) is 2.63. The summed E-state index contributed by atoms with van der Waals surface area (Å²) in [6.07, 6.45) is 2.57. The van der Waals surface area contributed by atoms with Gasteiger partial charge in [0.05, 0.1) is 12.1 Å². The monoisotopic (exact) mass is 239 g/mol. The van der Waals surface area contributed by atoms with E-state index < -0.39 is 0 Å². The number of hydrogen-bond donors (Lipinski definition) is 3. The first kappa shape index (κ1) is 12.4. The lowest BCUT2D eigenvalue weighted by atomic mass is 9.77. The maximum Gasteiger partial charge on any atom is 0.237 e. The first-order valence-electron chi connectivity index (χ1n) is 6.29. The normalized spacial score (nSPS) is 32.0. The van der Waals surface area contributed by atoms with E-state index in [2.05, 4.69) is 29.8 Å². The molecule has 2 fully saturated rings. The van der Waals surface area contributed by atoms with Gasteiger partial charge in [-0.15, -0.1) is 0 Å². The molecule has 17 heavy (non-hydrogen) atoms. The van der Waals surface area contributed by atoms with Crippen LogP contribution < -0.4 is 16.0 Å². The predicted octanol–water partition coefficient (Wildman–Crippen LogP) is -0.231. The van der Waals surface area contributed by atoms with Crippen molar-refractivity contribution in [3.05, 3.63) is 0 Å². The van der Waals surface area contributed by atoms with E-state index in [9.17, 15) is 9.59 Å². The highest BCUT2D eigenvalue weighted by atomic mass is 16.2. The van der Waals surface area contributed by atoms with E-state index in [1.165, 1.54) is 0 Å². The lowest BCUT2D eigenvalue weighted by Gasteiger charge is -2.38. The molecule has 2 amide bonds. The molecule has 0 aliphatic carbocycles. The van der Waals surface area contributed by atoms with Crippen molar-refractivity contribution < 1.29 is 9.59 Å². The van der Waals surface area contributed by atoms with E-state index in [4.69, 9.17) is 0 Å². The van der Waals surface area contributed by atoms with Crippen LogP contribution in [-0.2, 0) is 9.59 Å². The van der Waals surface area contributed by atoms with Gasteiger partial charge in [-0.2, -0.15) is 0 Å². The molecule has 0 bridgehead atoms. The van der Waals surface area contributed by atoms with Gasteiger partial charge < -0.3 is 16.0 Å². The van der Waals surface area contributed by atoms with Gasteiger partial charge in [0, 0.05) is 13.0 Å². The molecular formula is C12H21N3O2. The molecule has 0 aromatic heterocycles. The molecule has 0 aromatic rings. The highest BCUT2D eigenvalue weighted by Gasteiger charge is 2.38. The molecule has 2 saturated heterocycles. The molecule has 0 radical (unpaired) electrons. The van der Waals surface area contributed by atoms with E-state index in [1.807, 2.05) is 0 Å². The second-order valence-electron chi connectivity index (χ2n) is 5.69. The Bertz CT molecular complexity index is 328. The van der Waals surface area contributed by atoms with E-state index in [1.54, 1.807) is 0 Å². The fourth-order valence-electron chi connectivity index (χ4n) is 2.65. The zero-order valence-electron chi connectivity index (χ0n) is 10.5. The van der Waals surface area contributed by atoms with Crippen LogP contribution in [0.1, 0.15) is 33.1 Å². The van der Waals surface area contributed by atoms with Gasteiger partial charge in [-0.1, -0.05) is 13.8 Å². The van der Waals surface area contributed by atoms with Crippen molar-refractivity contribution >= 4 is 11.8 Å². The van der Waals surface area contributed by atoms with Crippen LogP contribution in [-0.4, -0.2) is 37.0 Å². The number of piperidine rings is 1. The molecule has 2 unspecified atom stereocenters. The minimum atomic E-state index is -0.146. The lowest BCUT2D eigenvalue weighted by Crippen LogP contribution is -2.57. The molecular weight excluding hydrogens is 218 g/mol. The van der Waals surface area contributed by atoms with E-state index >= 15 is 0 Å². The minimum Gasteiger partial charge on any atom is -0.354 e. The maximum absolute atomic E-state index is 12.2. The van der Waals surface area contributed by atoms with Gasteiger partial charge in [-0.25, -0.2) is 0 Å². The molecule has 2 heterocycles. The molecule has 0 aromatic carbocycles. The molecule has 0 saturated carbocycles. The van der Waals surface area contributed by atoms with Crippen molar-refractivity contribution in [2.45, 2.75) is 45.2 Å². The zero-order chi connectivity index (χ0) is 12.5. The van der Waals surface area contributed by atoms with Crippen molar-refractivity contribution in [1.29, 1.82) is 0 Å². The molecule has 5 heteroatoms. The highest BCUT2D eigenvalue weighted by Crippen LogP contribution is 2.30. The minimum absolute atomic E-state index is 0.0155. The predicted molar refractivity (Wildman–Crippen MR) is 64.4 cm³/mol. The van der Waals surface area contributed by atoms with E-state index in [-0.39, 0.29) is 29.3 Å². The van der Waals surface area contributed by atoms with Crippen LogP contribution in [0, 0.1) is 5.41 Å². The summed E-state index contributed by atoms with van der Waals surface area (Å²) in [5, 5.41) is 8.95. The van der Waals surface area contributed by atoms with Gasteiger partial charge in [0.15, 0.2) is 0 Å². The molecule has 2 aliphatic rings. The molecule has 96 valence electrons. The molecule has 2 atom stereocenters. The van der Waals surface area contributed by atoms with Crippen LogP contribution in [0.3, 0.4) is 0 Å². The number of nitrogens with one attached hydrogen (secondary N) is 3. The maximum atomic E-state index is 12.2. The standard InChI is InChI=1S/C12H21N3O2/c1-12(2)4-3-5-13-10(12)11(17)15-8-6-9(16)14-7-8/h8,10,13H,3-7H2,1-2H3,(H,14,16)(H,15,17). The quantitative estimate of drug-likeness (QED) is 0.623. The largest absolute Gasteiger partial charge is 0.354 e. The van der Waals surface area contributed by atoms with E-state index in [0.717, 1.165) is 19.4 Å². The van der Waals surface area contributed by atoms with Gasteiger partial charge >= 0.3 is 0 Å². The Morgan fingerprint density at radius 1 is 1.47 bits per heavy atom. The van der Waals surface area contributed by atoms with Crippen molar-refractivity contribution in [3.63, 3.8) is 0 Å². The topological polar surface area (TPSA) is 70.2 Å². The number of rotatable bonds is 2. The van der Waals surface area contributed by atoms with Crippen LogP contribution in [0.2, 0.25) is 0 Å². The van der Waals surface area contributed by atoms with Crippen molar-refractivity contribution in [3.8, 4) is 0 Å². The molecule has 3 N–H and O–H groups in total. The Kier molecular flexibility index (Phi) is 3.38. The second kappa shape index (κ2) is 4.64. The third-order valence-electron chi connectivity index (χ3n) is 3.71. The van der Waals surface area contributed by atoms with Gasteiger partial charge in [0.2, 0.25) is 11.8 Å². The summed E-state index contributed by atoms with van der Waals surface area (Å²) in [5.74, 6) is 0.0439. The zero-order valence-corrected chi connectivity index (χ0v) is 10.5. The Morgan fingerprint density at radius 2 is 2.24 bits per heavy atom. The summed E-state index contributed by atoms with van der Waals surface area (Å²) in [4.78, 5) is 23.2. The lowest BCUT2D eigenvalue weighted by molar-refractivity contribution is -0.127. The third kappa shape index (κ3) is 2.77. The number of amides is 2. The number of hydrogen-bond acceptors (Lipinski definition) is 3. The molecule has 2 aliphatic heterocycles. The summed E-state index contributed by atoms with van der Waals surface area (Å²) in [6, 6.07) is -0.193. The number of carbonyl (C=O) groups excluding carboxylic acids is 2. The van der Waals surface area contributed by atoms with Crippen LogP contribution in [0.25, 0.3) is 0 Å². The van der Waals surface area contributed by atoms with Gasteiger partial charge in [-0.3, -0.25) is 9.59 Å². The van der Waals surface area contributed by atoms with Crippen LogP contribution in [0.4, 0.5) is 0 Å². The van der Waals surface area contributed by atoms with Gasteiger partial charge in [0.1, 0.15) is 0 Å². The molecule has 0 spiro atoms. The smallest absolute Gasteiger partial charge is 0.237 e. The second-order valence-corrected chi connectivity index (χ2v) is 5.69. The number of carbonyl (C=O) groups is 2. The SMILES string of the molecule is CC1(C)CCCNC1C(=O)NC1CNC(=O)C1. The Morgan fingerprint density at radius 3 is 2.82 bits per heavy atom. The summed E-state index contributed by atoms with van der Waals surface area (Å²) < 4.78 is 0. The van der Waals surface area contributed by atoms with Crippen molar-refractivity contribution in [2.75, 3.05) is 13.1 Å². The van der Waals surface area contributed by atoms with Gasteiger partial charge in [0.25, 0.3) is 0 Å². The third-order valence-corrected chi connectivity index (χ3v) is 3.71. The van der Waals surface area contributed by atoms with Gasteiger partial charge in [-0.05, 0) is 24.8 Å². The molecule has 2 rings (SSSR count). The fraction of sp³-hybridized carbons (Fsp3) is 0.833. The summed E-state index contributed by atoms with van der Waals surface area (Å²) >= 11 is 0. The Balaban J connectivity index is 1.92. The first-order valence-corrected chi connectivity index (χ1v) is 6.29. The van der Waals surface area contributed by atoms with Crippen LogP contribution in [0.5, 0.6) is 0 Å².